The van der Waals surface area contributed by atoms with Crippen LogP contribution in [0.3, 0.4) is 0 Å². The van der Waals surface area contributed by atoms with Gasteiger partial charge in [-0.2, -0.15) is 5.26 Å². The standard InChI is InChI=1S/C13H14N2/c14-8-10-5-4-9-2-1-3-12(13(9)10)15-11-6-7-11/h1-3,10-11,15H,4-7H2. The Morgan fingerprint density at radius 2 is 2.13 bits per heavy atom. The zero-order valence-corrected chi connectivity index (χ0v) is 8.66. The number of benzene rings is 1. The second kappa shape index (κ2) is 3.27. The fraction of sp³-hybridized carbons (Fsp3) is 0.462. The molecule has 1 saturated carbocycles. The van der Waals surface area contributed by atoms with Gasteiger partial charge in [-0.3, -0.25) is 0 Å². The summed E-state index contributed by atoms with van der Waals surface area (Å²) in [6.45, 7) is 0. The maximum Gasteiger partial charge on any atom is 0.0738 e. The number of aryl methyl sites for hydroxylation is 1. The topological polar surface area (TPSA) is 35.8 Å². The van der Waals surface area contributed by atoms with E-state index < -0.39 is 0 Å². The molecule has 1 unspecified atom stereocenters. The summed E-state index contributed by atoms with van der Waals surface area (Å²) in [5.41, 5.74) is 3.85. The highest BCUT2D eigenvalue weighted by Gasteiger charge is 2.28. The molecule has 0 radical (unpaired) electrons. The molecule has 0 saturated heterocycles. The summed E-state index contributed by atoms with van der Waals surface area (Å²) in [5, 5.41) is 12.6. The molecule has 2 nitrogen and oxygen atoms in total. The Morgan fingerprint density at radius 1 is 1.27 bits per heavy atom. The van der Waals surface area contributed by atoms with Gasteiger partial charge in [-0.15, -0.1) is 0 Å². The van der Waals surface area contributed by atoms with Crippen molar-refractivity contribution >= 4 is 5.69 Å². The molecular formula is C13H14N2. The predicted octanol–water partition coefficient (Wildman–Crippen LogP) is 2.81. The minimum absolute atomic E-state index is 0.113. The van der Waals surface area contributed by atoms with Crippen LogP contribution in [0.1, 0.15) is 36.3 Å². The molecule has 1 N–H and O–H groups in total. The van der Waals surface area contributed by atoms with Crippen molar-refractivity contribution < 1.29 is 0 Å². The van der Waals surface area contributed by atoms with E-state index in [4.69, 9.17) is 5.26 Å². The van der Waals surface area contributed by atoms with Crippen molar-refractivity contribution in [1.29, 1.82) is 5.26 Å². The van der Waals surface area contributed by atoms with Gasteiger partial charge in [0.25, 0.3) is 0 Å². The van der Waals surface area contributed by atoms with Crippen molar-refractivity contribution in [2.45, 2.75) is 37.6 Å². The summed E-state index contributed by atoms with van der Waals surface area (Å²) >= 11 is 0. The third-order valence-corrected chi connectivity index (χ3v) is 3.34. The van der Waals surface area contributed by atoms with Crippen molar-refractivity contribution in [3.05, 3.63) is 29.3 Å². The van der Waals surface area contributed by atoms with Crippen LogP contribution >= 0.6 is 0 Å². The fourth-order valence-electron chi connectivity index (χ4n) is 2.39. The average molecular weight is 198 g/mol. The summed E-state index contributed by atoms with van der Waals surface area (Å²) in [6.07, 6.45) is 4.62. The summed E-state index contributed by atoms with van der Waals surface area (Å²) < 4.78 is 0. The SMILES string of the molecule is N#CC1CCc2cccc(NC3CC3)c21. The lowest BCUT2D eigenvalue weighted by Crippen LogP contribution is -2.05. The number of nitrogens with one attached hydrogen (secondary N) is 1. The molecule has 2 aliphatic rings. The molecule has 1 aromatic carbocycles. The minimum atomic E-state index is 0.113. The van der Waals surface area contributed by atoms with Crippen LogP contribution in [0, 0.1) is 11.3 Å². The average Bonchev–Trinajstić information content (AvgIpc) is 2.97. The Bertz CT molecular complexity index is 427. The Labute approximate surface area is 89.9 Å². The van der Waals surface area contributed by atoms with Gasteiger partial charge in [0.2, 0.25) is 0 Å². The smallest absolute Gasteiger partial charge is 0.0738 e. The van der Waals surface area contributed by atoms with Crippen LogP contribution < -0.4 is 5.32 Å². The van der Waals surface area contributed by atoms with Crippen LogP contribution in [0.5, 0.6) is 0 Å². The molecule has 3 rings (SSSR count). The van der Waals surface area contributed by atoms with E-state index in [1.165, 1.54) is 29.7 Å². The molecular weight excluding hydrogens is 184 g/mol. The molecule has 76 valence electrons. The van der Waals surface area contributed by atoms with Crippen LogP contribution in [0.2, 0.25) is 0 Å². The molecule has 0 aromatic heterocycles. The van der Waals surface area contributed by atoms with Crippen LogP contribution in [0.25, 0.3) is 0 Å². The maximum atomic E-state index is 9.11. The van der Waals surface area contributed by atoms with Gasteiger partial charge in [0, 0.05) is 11.7 Å². The van der Waals surface area contributed by atoms with Gasteiger partial charge in [0.15, 0.2) is 0 Å². The molecule has 1 atom stereocenters. The third-order valence-electron chi connectivity index (χ3n) is 3.34. The number of fused-ring (bicyclic) bond motifs is 1. The lowest BCUT2D eigenvalue weighted by atomic mass is 10.0. The molecule has 0 spiro atoms. The Kier molecular flexibility index (Phi) is 1.92. The van der Waals surface area contributed by atoms with Crippen LogP contribution in [-0.2, 0) is 6.42 Å². The zero-order valence-electron chi connectivity index (χ0n) is 8.66. The lowest BCUT2D eigenvalue weighted by molar-refractivity contribution is 0.825. The largest absolute Gasteiger partial charge is 0.382 e. The van der Waals surface area contributed by atoms with Gasteiger partial charge >= 0.3 is 0 Å². The summed E-state index contributed by atoms with van der Waals surface area (Å²) in [7, 11) is 0. The third kappa shape index (κ3) is 1.48. The Balaban J connectivity index is 2.00. The maximum absolute atomic E-state index is 9.11. The molecule has 1 aromatic rings. The van der Waals surface area contributed by atoms with E-state index in [1.807, 2.05) is 0 Å². The van der Waals surface area contributed by atoms with Crippen LogP contribution in [-0.4, -0.2) is 6.04 Å². The number of rotatable bonds is 2. The molecule has 2 aliphatic carbocycles. The highest BCUT2D eigenvalue weighted by atomic mass is 15.0. The molecule has 0 bridgehead atoms. The summed E-state index contributed by atoms with van der Waals surface area (Å²) in [4.78, 5) is 0. The van der Waals surface area contributed by atoms with E-state index in [-0.39, 0.29) is 5.92 Å². The molecule has 15 heavy (non-hydrogen) atoms. The van der Waals surface area contributed by atoms with Crippen LogP contribution in [0.15, 0.2) is 18.2 Å². The van der Waals surface area contributed by atoms with Crippen molar-refractivity contribution in [2.75, 3.05) is 5.32 Å². The Morgan fingerprint density at radius 3 is 2.87 bits per heavy atom. The van der Waals surface area contributed by atoms with E-state index in [2.05, 4.69) is 29.6 Å². The molecule has 2 heteroatoms. The van der Waals surface area contributed by atoms with Gasteiger partial charge in [-0.1, -0.05) is 12.1 Å². The van der Waals surface area contributed by atoms with Crippen LogP contribution in [0.4, 0.5) is 5.69 Å². The summed E-state index contributed by atoms with van der Waals surface area (Å²) in [5.74, 6) is 0.113. The number of nitrogens with zero attached hydrogens (tertiary/aromatic N) is 1. The highest BCUT2D eigenvalue weighted by molar-refractivity contribution is 5.60. The number of hydrogen-bond acceptors (Lipinski definition) is 2. The Hall–Kier alpha value is -1.49. The normalized spacial score (nSPS) is 23.3. The minimum Gasteiger partial charge on any atom is -0.382 e. The van der Waals surface area contributed by atoms with Crippen molar-refractivity contribution in [1.82, 2.24) is 0 Å². The van der Waals surface area contributed by atoms with E-state index in [9.17, 15) is 0 Å². The molecule has 1 fully saturated rings. The summed E-state index contributed by atoms with van der Waals surface area (Å²) in [6, 6.07) is 9.45. The fourth-order valence-corrected chi connectivity index (χ4v) is 2.39. The monoisotopic (exact) mass is 198 g/mol. The number of anilines is 1. The van der Waals surface area contributed by atoms with Gasteiger partial charge in [-0.25, -0.2) is 0 Å². The number of hydrogen-bond donors (Lipinski definition) is 1. The van der Waals surface area contributed by atoms with Crippen molar-refractivity contribution in [2.24, 2.45) is 0 Å². The van der Waals surface area contributed by atoms with Crippen molar-refractivity contribution in [3.8, 4) is 6.07 Å². The predicted molar refractivity (Wildman–Crippen MR) is 59.8 cm³/mol. The second-order valence-electron chi connectivity index (χ2n) is 4.52. The number of nitriles is 1. The van der Waals surface area contributed by atoms with E-state index in [0.29, 0.717) is 6.04 Å². The van der Waals surface area contributed by atoms with E-state index >= 15 is 0 Å². The van der Waals surface area contributed by atoms with Gasteiger partial charge in [-0.05, 0) is 42.9 Å². The van der Waals surface area contributed by atoms with Gasteiger partial charge in [0.1, 0.15) is 0 Å². The zero-order chi connectivity index (χ0) is 10.3. The first-order chi connectivity index (χ1) is 7.38. The van der Waals surface area contributed by atoms with Gasteiger partial charge in [0.05, 0.1) is 12.0 Å². The molecule has 0 amide bonds. The lowest BCUT2D eigenvalue weighted by Gasteiger charge is -2.12. The first kappa shape index (κ1) is 8.79. The van der Waals surface area contributed by atoms with E-state index in [1.54, 1.807) is 0 Å². The van der Waals surface area contributed by atoms with Gasteiger partial charge < -0.3 is 5.32 Å². The first-order valence-corrected chi connectivity index (χ1v) is 5.66. The molecule has 0 heterocycles. The highest BCUT2D eigenvalue weighted by Crippen LogP contribution is 2.39. The van der Waals surface area contributed by atoms with E-state index in [0.717, 1.165) is 12.8 Å². The quantitative estimate of drug-likeness (QED) is 0.793. The second-order valence-corrected chi connectivity index (χ2v) is 4.52. The first-order valence-electron chi connectivity index (χ1n) is 5.66. The molecule has 0 aliphatic heterocycles. The van der Waals surface area contributed by atoms with Crippen molar-refractivity contribution in [3.63, 3.8) is 0 Å².